The van der Waals surface area contributed by atoms with E-state index in [1.807, 2.05) is 32.0 Å². The van der Waals surface area contributed by atoms with Crippen molar-refractivity contribution in [3.63, 3.8) is 0 Å². The van der Waals surface area contributed by atoms with Gasteiger partial charge in [-0.15, -0.1) is 0 Å². The minimum atomic E-state index is -0.107. The van der Waals surface area contributed by atoms with Crippen LogP contribution in [0.5, 0.6) is 0 Å². The van der Waals surface area contributed by atoms with Gasteiger partial charge in [0.25, 0.3) is 0 Å². The fourth-order valence-electron chi connectivity index (χ4n) is 5.28. The number of fused-ring (bicyclic) bond motifs is 3. The van der Waals surface area contributed by atoms with Gasteiger partial charge < -0.3 is 0 Å². The monoisotopic (exact) mass is 293 g/mol. The number of hydrogen-bond acceptors (Lipinski definition) is 2. The lowest BCUT2D eigenvalue weighted by Crippen LogP contribution is -2.35. The van der Waals surface area contributed by atoms with Crippen LogP contribution in [-0.4, -0.2) is 11.8 Å². The van der Waals surface area contributed by atoms with Crippen LogP contribution in [0, 0.1) is 42.9 Å². The predicted octanol–water partition coefficient (Wildman–Crippen LogP) is 3.01. The highest BCUT2D eigenvalue weighted by molar-refractivity contribution is 6.23. The van der Waals surface area contributed by atoms with Crippen LogP contribution in [0.4, 0.5) is 5.69 Å². The number of aryl methyl sites for hydroxylation is 2. The second kappa shape index (κ2) is 3.70. The standard InChI is InChI=1S/C19H19NO2/c1-10-3-4-11(2)14(9-10)20-17(21)15-12-5-6-13(16(15)18(20)22)19(12)7-8-19/h3-6,9,12-13,15-16H,7-8H2,1-2H3/t12-,13-,15+,16+/m1/s1. The maximum Gasteiger partial charge on any atom is 0.238 e. The lowest BCUT2D eigenvalue weighted by molar-refractivity contribution is -0.123. The van der Waals surface area contributed by atoms with Crippen LogP contribution in [0.15, 0.2) is 30.4 Å². The molecule has 22 heavy (non-hydrogen) atoms. The van der Waals surface area contributed by atoms with Crippen molar-refractivity contribution >= 4 is 17.5 Å². The van der Waals surface area contributed by atoms with Gasteiger partial charge in [0.05, 0.1) is 17.5 Å². The zero-order valence-corrected chi connectivity index (χ0v) is 12.9. The molecule has 0 radical (unpaired) electrons. The van der Waals surface area contributed by atoms with Crippen molar-refractivity contribution in [1.82, 2.24) is 0 Å². The Morgan fingerprint density at radius 1 is 1.00 bits per heavy atom. The molecule has 3 aliphatic carbocycles. The van der Waals surface area contributed by atoms with Gasteiger partial charge in [0.15, 0.2) is 0 Å². The van der Waals surface area contributed by atoms with Crippen molar-refractivity contribution < 1.29 is 9.59 Å². The van der Waals surface area contributed by atoms with Crippen LogP contribution in [0.3, 0.4) is 0 Å². The molecule has 1 heterocycles. The molecule has 3 heteroatoms. The van der Waals surface area contributed by atoms with Crippen molar-refractivity contribution in [2.75, 3.05) is 4.90 Å². The van der Waals surface area contributed by atoms with Gasteiger partial charge in [-0.1, -0.05) is 24.3 Å². The first-order chi connectivity index (χ1) is 10.5. The topological polar surface area (TPSA) is 37.4 Å². The summed E-state index contributed by atoms with van der Waals surface area (Å²) in [5.41, 5.74) is 3.13. The van der Waals surface area contributed by atoms with Crippen LogP contribution >= 0.6 is 0 Å². The Bertz CT molecular complexity index is 725. The largest absolute Gasteiger partial charge is 0.274 e. The number of anilines is 1. The van der Waals surface area contributed by atoms with E-state index in [-0.39, 0.29) is 29.1 Å². The molecule has 1 saturated heterocycles. The number of nitrogens with zero attached hydrogens (tertiary/aromatic N) is 1. The number of rotatable bonds is 1. The molecule has 0 N–H and O–H groups in total. The summed E-state index contributed by atoms with van der Waals surface area (Å²) >= 11 is 0. The highest BCUT2D eigenvalue weighted by atomic mass is 16.2. The molecule has 0 aromatic heterocycles. The van der Waals surface area contributed by atoms with Gasteiger partial charge in [0.1, 0.15) is 0 Å². The quantitative estimate of drug-likeness (QED) is 0.589. The minimum Gasteiger partial charge on any atom is -0.274 e. The van der Waals surface area contributed by atoms with Crippen molar-refractivity contribution in [3.8, 4) is 0 Å². The number of imide groups is 1. The first kappa shape index (κ1) is 12.6. The number of allylic oxidation sites excluding steroid dienone is 2. The molecule has 1 aromatic rings. The van der Waals surface area contributed by atoms with E-state index in [0.29, 0.717) is 11.8 Å². The number of hydrogen-bond donors (Lipinski definition) is 0. The van der Waals surface area contributed by atoms with Crippen LogP contribution in [0.25, 0.3) is 0 Å². The first-order valence-corrected chi connectivity index (χ1v) is 8.18. The molecule has 0 unspecified atom stereocenters. The first-order valence-electron chi connectivity index (χ1n) is 8.18. The summed E-state index contributed by atoms with van der Waals surface area (Å²) in [4.78, 5) is 27.6. The number of carbonyl (C=O) groups is 2. The van der Waals surface area contributed by atoms with E-state index in [9.17, 15) is 9.59 Å². The normalized spacial score (nSPS) is 36.5. The molecular formula is C19H19NO2. The lowest BCUT2D eigenvalue weighted by atomic mass is 9.85. The van der Waals surface area contributed by atoms with Crippen LogP contribution in [-0.2, 0) is 9.59 Å². The van der Waals surface area contributed by atoms with Crippen LogP contribution in [0.1, 0.15) is 24.0 Å². The second-order valence-corrected chi connectivity index (χ2v) is 7.52. The Morgan fingerprint density at radius 3 is 2.14 bits per heavy atom. The molecule has 1 aromatic carbocycles. The molecule has 112 valence electrons. The maximum atomic E-state index is 13.0. The highest BCUT2D eigenvalue weighted by Crippen LogP contribution is 2.73. The summed E-state index contributed by atoms with van der Waals surface area (Å²) in [6.45, 7) is 3.97. The van der Waals surface area contributed by atoms with E-state index < -0.39 is 0 Å². The van der Waals surface area contributed by atoms with E-state index in [1.165, 1.54) is 17.7 Å². The van der Waals surface area contributed by atoms with E-state index in [2.05, 4.69) is 12.2 Å². The van der Waals surface area contributed by atoms with Gasteiger partial charge in [0, 0.05) is 0 Å². The van der Waals surface area contributed by atoms with Crippen LogP contribution < -0.4 is 4.90 Å². The van der Waals surface area contributed by atoms with Crippen molar-refractivity contribution in [3.05, 3.63) is 41.5 Å². The predicted molar refractivity (Wildman–Crippen MR) is 83.2 cm³/mol. The molecule has 1 spiro atoms. The molecule has 2 saturated carbocycles. The third-order valence-electron chi connectivity index (χ3n) is 6.46. The van der Waals surface area contributed by atoms with E-state index in [1.54, 1.807) is 0 Å². The Kier molecular flexibility index (Phi) is 2.13. The summed E-state index contributed by atoms with van der Waals surface area (Å²) < 4.78 is 0. The smallest absolute Gasteiger partial charge is 0.238 e. The Morgan fingerprint density at radius 2 is 1.59 bits per heavy atom. The molecule has 3 fully saturated rings. The Hall–Kier alpha value is -1.90. The molecule has 4 atom stereocenters. The summed E-state index contributed by atoms with van der Waals surface area (Å²) in [5.74, 6) is 0.455. The molecule has 2 amide bonds. The van der Waals surface area contributed by atoms with Gasteiger partial charge >= 0.3 is 0 Å². The van der Waals surface area contributed by atoms with Gasteiger partial charge in [0.2, 0.25) is 11.8 Å². The minimum absolute atomic E-state index is 0.0341. The van der Waals surface area contributed by atoms with Crippen LogP contribution in [0.2, 0.25) is 0 Å². The molecule has 1 aliphatic heterocycles. The van der Waals surface area contributed by atoms with Gasteiger partial charge in [-0.05, 0) is 61.1 Å². The zero-order valence-electron chi connectivity index (χ0n) is 12.9. The SMILES string of the molecule is Cc1ccc(C)c(N2C(=O)[C@@H]3[C@@H](C2=O)[C@H]2C=C[C@H]3C23CC3)c1. The van der Waals surface area contributed by atoms with Gasteiger partial charge in [-0.25, -0.2) is 4.90 Å². The molecule has 2 bridgehead atoms. The number of benzene rings is 1. The van der Waals surface area contributed by atoms with E-state index >= 15 is 0 Å². The highest BCUT2D eigenvalue weighted by Gasteiger charge is 2.73. The third kappa shape index (κ3) is 1.25. The molecule has 3 nitrogen and oxygen atoms in total. The summed E-state index contributed by atoms with van der Waals surface area (Å²) in [6.07, 6.45) is 6.81. The van der Waals surface area contributed by atoms with Gasteiger partial charge in [-0.3, -0.25) is 9.59 Å². The fourth-order valence-corrected chi connectivity index (χ4v) is 5.28. The van der Waals surface area contributed by atoms with E-state index in [0.717, 1.165) is 16.8 Å². The molecule has 5 rings (SSSR count). The second-order valence-electron chi connectivity index (χ2n) is 7.52. The summed E-state index contributed by atoms with van der Waals surface area (Å²) in [6, 6.07) is 5.98. The average Bonchev–Trinajstić information content (AvgIpc) is 3.08. The summed E-state index contributed by atoms with van der Waals surface area (Å²) in [5, 5.41) is 0. The van der Waals surface area contributed by atoms with Crippen molar-refractivity contribution in [2.24, 2.45) is 29.1 Å². The Labute approximate surface area is 130 Å². The number of carbonyl (C=O) groups excluding carboxylic acids is 2. The Balaban J connectivity index is 1.61. The lowest BCUT2D eigenvalue weighted by Gasteiger charge is -2.23. The van der Waals surface area contributed by atoms with E-state index in [4.69, 9.17) is 0 Å². The number of amides is 2. The molecule has 4 aliphatic rings. The fraction of sp³-hybridized carbons (Fsp3) is 0.474. The zero-order chi connectivity index (χ0) is 15.2. The third-order valence-corrected chi connectivity index (χ3v) is 6.46. The van der Waals surface area contributed by atoms with Gasteiger partial charge in [-0.2, -0.15) is 0 Å². The van der Waals surface area contributed by atoms with Crippen molar-refractivity contribution in [2.45, 2.75) is 26.7 Å². The summed E-state index contributed by atoms with van der Waals surface area (Å²) in [7, 11) is 0. The molecular weight excluding hydrogens is 274 g/mol. The average molecular weight is 293 g/mol. The maximum absolute atomic E-state index is 13.0. The van der Waals surface area contributed by atoms with Crippen molar-refractivity contribution in [1.29, 1.82) is 0 Å².